The Bertz CT molecular complexity index is 1050. The molecule has 0 unspecified atom stereocenters. The second-order valence-electron chi connectivity index (χ2n) is 5.84. The largest absolute Gasteiger partial charge is 0.507 e. The van der Waals surface area contributed by atoms with Crippen LogP contribution in [0, 0.1) is 0 Å². The Balaban J connectivity index is 2.09. The van der Waals surface area contributed by atoms with Gasteiger partial charge < -0.3 is 15.6 Å². The summed E-state index contributed by atoms with van der Waals surface area (Å²) in [6.07, 6.45) is 1.74. The number of carbonyl (C=O) groups is 1. The van der Waals surface area contributed by atoms with E-state index in [4.69, 9.17) is 10.5 Å². The normalized spacial score (nSPS) is 12.0. The van der Waals surface area contributed by atoms with Gasteiger partial charge >= 0.3 is 0 Å². The van der Waals surface area contributed by atoms with Gasteiger partial charge in [-0.1, -0.05) is 30.3 Å². The van der Waals surface area contributed by atoms with Gasteiger partial charge in [0, 0.05) is 18.1 Å². The van der Waals surface area contributed by atoms with Crippen LogP contribution in [0.15, 0.2) is 64.0 Å². The number of benzene rings is 2. The fraction of sp³-hybridized carbons (Fsp3) is 0.150. The van der Waals surface area contributed by atoms with Crippen LogP contribution in [0.1, 0.15) is 15.9 Å². The number of nitrogens with zero attached hydrogens (tertiary/aromatic N) is 3. The molecule has 0 fully saturated rings. The first kappa shape index (κ1) is 19.5. The number of hydrogen-bond donors (Lipinski definition) is 2. The Kier molecular flexibility index (Phi) is 6.36. The highest BCUT2D eigenvalue weighted by molar-refractivity contribution is 7.07. The maximum Gasteiger partial charge on any atom is 0.252 e. The van der Waals surface area contributed by atoms with Crippen LogP contribution in [0.2, 0.25) is 0 Å². The van der Waals surface area contributed by atoms with Gasteiger partial charge in [0.25, 0.3) is 5.91 Å². The third-order valence-electron chi connectivity index (χ3n) is 3.91. The lowest BCUT2D eigenvalue weighted by atomic mass is 10.1. The van der Waals surface area contributed by atoms with E-state index in [1.807, 2.05) is 35.7 Å². The molecule has 3 N–H and O–H groups in total. The van der Waals surface area contributed by atoms with Crippen LogP contribution in [0.4, 0.5) is 0 Å². The van der Waals surface area contributed by atoms with E-state index in [1.54, 1.807) is 30.1 Å². The lowest BCUT2D eigenvalue weighted by molar-refractivity contribution is 0.0998. The molecule has 8 heteroatoms. The van der Waals surface area contributed by atoms with Crippen LogP contribution in [0.25, 0.3) is 11.3 Å². The van der Waals surface area contributed by atoms with Gasteiger partial charge in [-0.2, -0.15) is 5.10 Å². The topological polar surface area (TPSA) is 102 Å². The summed E-state index contributed by atoms with van der Waals surface area (Å²) in [5.41, 5.74) is 7.78. The highest BCUT2D eigenvalue weighted by Crippen LogP contribution is 2.26. The van der Waals surface area contributed by atoms with Crippen LogP contribution in [-0.4, -0.2) is 42.2 Å². The van der Waals surface area contributed by atoms with E-state index in [2.05, 4.69) is 10.1 Å². The highest BCUT2D eigenvalue weighted by Gasteiger charge is 2.13. The van der Waals surface area contributed by atoms with Crippen molar-refractivity contribution in [1.82, 2.24) is 4.68 Å². The van der Waals surface area contributed by atoms with Crippen LogP contribution in [0.3, 0.4) is 0 Å². The van der Waals surface area contributed by atoms with Gasteiger partial charge in [0.2, 0.25) is 4.80 Å². The first-order chi connectivity index (χ1) is 13.6. The summed E-state index contributed by atoms with van der Waals surface area (Å²) < 4.78 is 6.76. The number of aromatic hydroxyl groups is 1. The minimum atomic E-state index is -0.695. The smallest absolute Gasteiger partial charge is 0.252 e. The lowest BCUT2D eigenvalue weighted by Gasteiger charge is -2.06. The second-order valence-corrected chi connectivity index (χ2v) is 6.68. The zero-order chi connectivity index (χ0) is 19.9. The Morgan fingerprint density at radius 1 is 1.29 bits per heavy atom. The van der Waals surface area contributed by atoms with Gasteiger partial charge in [-0.15, -0.1) is 11.3 Å². The van der Waals surface area contributed by atoms with Crippen LogP contribution in [-0.2, 0) is 4.74 Å². The molecule has 0 saturated heterocycles. The van der Waals surface area contributed by atoms with E-state index in [9.17, 15) is 9.90 Å². The second kappa shape index (κ2) is 9.12. The molecule has 0 radical (unpaired) electrons. The van der Waals surface area contributed by atoms with Gasteiger partial charge in [-0.25, -0.2) is 4.68 Å². The van der Waals surface area contributed by atoms with Gasteiger partial charge in [0.1, 0.15) is 5.75 Å². The van der Waals surface area contributed by atoms with Gasteiger partial charge in [0.15, 0.2) is 0 Å². The zero-order valence-corrected chi connectivity index (χ0v) is 16.1. The van der Waals surface area contributed by atoms with Gasteiger partial charge in [0.05, 0.1) is 30.6 Å². The van der Waals surface area contributed by atoms with Gasteiger partial charge in [-0.05, 0) is 23.8 Å². The minimum absolute atomic E-state index is 0.0557. The Morgan fingerprint density at radius 3 is 2.79 bits per heavy atom. The van der Waals surface area contributed by atoms with E-state index < -0.39 is 5.91 Å². The monoisotopic (exact) mass is 396 g/mol. The number of rotatable bonds is 7. The third-order valence-corrected chi connectivity index (χ3v) is 4.76. The number of amides is 1. The number of ether oxygens (including phenoxy) is 1. The highest BCUT2D eigenvalue weighted by atomic mass is 32.1. The van der Waals surface area contributed by atoms with Crippen molar-refractivity contribution in [2.75, 3.05) is 20.3 Å². The molecule has 0 saturated carbocycles. The molecule has 0 aliphatic carbocycles. The maximum atomic E-state index is 11.6. The number of primary amides is 1. The van der Waals surface area contributed by atoms with Gasteiger partial charge in [-0.3, -0.25) is 9.79 Å². The SMILES string of the molecule is COCCN=c1scc(-c2ccc(O)c(C(N)=O)c2)n1/N=C\c1ccccc1. The summed E-state index contributed by atoms with van der Waals surface area (Å²) in [5.74, 6) is -0.852. The molecule has 2 aromatic carbocycles. The molecule has 0 bridgehead atoms. The number of phenols is 1. The summed E-state index contributed by atoms with van der Waals surface area (Å²) >= 11 is 1.42. The molecule has 3 rings (SSSR count). The molecule has 0 aliphatic heterocycles. The number of carbonyl (C=O) groups excluding carboxylic acids is 1. The van der Waals surface area contributed by atoms with Crippen molar-refractivity contribution in [2.24, 2.45) is 15.8 Å². The first-order valence-corrected chi connectivity index (χ1v) is 9.40. The lowest BCUT2D eigenvalue weighted by Crippen LogP contribution is -2.14. The molecule has 1 amide bonds. The van der Waals surface area contributed by atoms with Crippen molar-refractivity contribution in [1.29, 1.82) is 0 Å². The summed E-state index contributed by atoms with van der Waals surface area (Å²) in [6.45, 7) is 1.00. The van der Waals surface area contributed by atoms with Crippen LogP contribution >= 0.6 is 11.3 Å². The predicted octanol–water partition coefficient (Wildman–Crippen LogP) is 2.45. The molecule has 3 aromatic rings. The molecule has 1 aromatic heterocycles. The maximum absolute atomic E-state index is 11.6. The number of thiazole rings is 1. The molecule has 7 nitrogen and oxygen atoms in total. The standard InChI is InChI=1S/C20H20N4O3S/c1-27-10-9-22-20-24(23-12-14-5-3-2-4-6-14)17(13-28-20)15-7-8-18(25)16(11-15)19(21)26/h2-8,11-13,25H,9-10H2,1H3,(H2,21,26)/b22-20?,23-12-. The fourth-order valence-corrected chi connectivity index (χ4v) is 3.37. The Labute approximate surface area is 166 Å². The van der Waals surface area contributed by atoms with Crippen LogP contribution in [0.5, 0.6) is 5.75 Å². The molecule has 144 valence electrons. The van der Waals surface area contributed by atoms with E-state index in [0.717, 1.165) is 11.3 Å². The van der Waals surface area contributed by atoms with E-state index >= 15 is 0 Å². The minimum Gasteiger partial charge on any atom is -0.507 e. The molecule has 0 spiro atoms. The molecule has 0 atom stereocenters. The van der Waals surface area contributed by atoms with Crippen molar-refractivity contribution < 1.29 is 14.6 Å². The van der Waals surface area contributed by atoms with E-state index in [-0.39, 0.29) is 11.3 Å². The molecule has 0 aliphatic rings. The van der Waals surface area contributed by atoms with Crippen molar-refractivity contribution in [3.05, 3.63) is 69.8 Å². The van der Waals surface area contributed by atoms with E-state index in [1.165, 1.54) is 17.4 Å². The Morgan fingerprint density at radius 2 is 2.07 bits per heavy atom. The third kappa shape index (κ3) is 4.54. The van der Waals surface area contributed by atoms with Crippen molar-refractivity contribution in [2.45, 2.75) is 0 Å². The average molecular weight is 396 g/mol. The average Bonchev–Trinajstić information content (AvgIpc) is 3.10. The molecule has 1 heterocycles. The predicted molar refractivity (Wildman–Crippen MR) is 110 cm³/mol. The number of aromatic nitrogens is 1. The Hall–Kier alpha value is -3.23. The van der Waals surface area contributed by atoms with Crippen molar-refractivity contribution >= 4 is 23.5 Å². The molecule has 28 heavy (non-hydrogen) atoms. The summed E-state index contributed by atoms with van der Waals surface area (Å²) in [5, 5.41) is 16.3. The summed E-state index contributed by atoms with van der Waals surface area (Å²) in [6, 6.07) is 14.4. The summed E-state index contributed by atoms with van der Waals surface area (Å²) in [7, 11) is 1.62. The first-order valence-electron chi connectivity index (χ1n) is 8.52. The van der Waals surface area contributed by atoms with Crippen molar-refractivity contribution in [3.63, 3.8) is 0 Å². The van der Waals surface area contributed by atoms with E-state index in [0.29, 0.717) is 23.5 Å². The number of methoxy groups -OCH3 is 1. The number of hydrogen-bond acceptors (Lipinski definition) is 6. The van der Waals surface area contributed by atoms with Crippen LogP contribution < -0.4 is 10.5 Å². The molecular formula is C20H20N4O3S. The fourth-order valence-electron chi connectivity index (χ4n) is 2.51. The molecular weight excluding hydrogens is 376 g/mol. The quantitative estimate of drug-likeness (QED) is 0.474. The summed E-state index contributed by atoms with van der Waals surface area (Å²) in [4.78, 5) is 16.8. The van der Waals surface area contributed by atoms with Crippen molar-refractivity contribution in [3.8, 4) is 17.0 Å². The zero-order valence-electron chi connectivity index (χ0n) is 15.3. The number of nitrogens with two attached hydrogens (primary N) is 1.